The van der Waals surface area contributed by atoms with Crippen molar-refractivity contribution in [1.82, 2.24) is 0 Å². The first-order chi connectivity index (χ1) is 5.65. The zero-order valence-corrected chi connectivity index (χ0v) is 9.06. The Bertz CT molecular complexity index is 275. The summed E-state index contributed by atoms with van der Waals surface area (Å²) in [6.07, 6.45) is 0.326. The van der Waals surface area contributed by atoms with Crippen molar-refractivity contribution in [2.24, 2.45) is 0 Å². The van der Waals surface area contributed by atoms with Crippen LogP contribution >= 0.6 is 27.5 Å². The minimum absolute atomic E-state index is 0.390. The molecule has 3 heteroatoms. The Morgan fingerprint density at radius 1 is 1.58 bits per heavy atom. The summed E-state index contributed by atoms with van der Waals surface area (Å²) in [7, 11) is 0. The van der Waals surface area contributed by atoms with E-state index < -0.39 is 6.10 Å². The first kappa shape index (κ1) is 10.0. The summed E-state index contributed by atoms with van der Waals surface area (Å²) in [5.74, 6) is 0. The van der Waals surface area contributed by atoms with Gasteiger partial charge >= 0.3 is 0 Å². The van der Waals surface area contributed by atoms with Crippen molar-refractivity contribution in [2.45, 2.75) is 19.4 Å². The second-order valence-corrected chi connectivity index (χ2v) is 3.86. The lowest BCUT2D eigenvalue weighted by Crippen LogP contribution is -1.94. The van der Waals surface area contributed by atoms with Crippen molar-refractivity contribution in [1.29, 1.82) is 0 Å². The summed E-state index contributed by atoms with van der Waals surface area (Å²) >= 11 is 9.10. The molecule has 0 aliphatic rings. The standard InChI is InChI=1S/C9H10BrClO/c1-2-9(12)6-3-4-8(11)7(10)5-6/h3-5,9,12H,2H2,1H3/t9-/m0/s1. The lowest BCUT2D eigenvalue weighted by Gasteiger charge is -2.08. The Balaban J connectivity index is 2.96. The monoisotopic (exact) mass is 248 g/mol. The second kappa shape index (κ2) is 4.26. The molecule has 0 aromatic heterocycles. The summed E-state index contributed by atoms with van der Waals surface area (Å²) in [5.41, 5.74) is 0.897. The molecule has 0 saturated carbocycles. The van der Waals surface area contributed by atoms with Crippen LogP contribution in [-0.2, 0) is 0 Å². The molecule has 0 unspecified atom stereocenters. The normalized spacial score (nSPS) is 13.0. The molecule has 1 nitrogen and oxygen atoms in total. The van der Waals surface area contributed by atoms with Crippen molar-refractivity contribution >= 4 is 27.5 Å². The van der Waals surface area contributed by atoms with Crippen molar-refractivity contribution in [3.8, 4) is 0 Å². The van der Waals surface area contributed by atoms with Gasteiger partial charge in [-0.05, 0) is 40.0 Å². The molecule has 1 N–H and O–H groups in total. The maximum absolute atomic E-state index is 9.48. The van der Waals surface area contributed by atoms with Gasteiger partial charge in [-0.3, -0.25) is 0 Å². The maximum Gasteiger partial charge on any atom is 0.0787 e. The average molecular weight is 250 g/mol. The van der Waals surface area contributed by atoms with E-state index in [1.807, 2.05) is 19.1 Å². The van der Waals surface area contributed by atoms with Crippen LogP contribution < -0.4 is 0 Å². The molecule has 12 heavy (non-hydrogen) atoms. The molecule has 1 atom stereocenters. The number of rotatable bonds is 2. The number of hydrogen-bond acceptors (Lipinski definition) is 1. The molecule has 1 rings (SSSR count). The van der Waals surface area contributed by atoms with E-state index in [0.717, 1.165) is 10.0 Å². The van der Waals surface area contributed by atoms with Crippen molar-refractivity contribution in [3.63, 3.8) is 0 Å². The lowest BCUT2D eigenvalue weighted by molar-refractivity contribution is 0.173. The zero-order chi connectivity index (χ0) is 9.14. The molecular formula is C9H10BrClO. The highest BCUT2D eigenvalue weighted by Crippen LogP contribution is 2.26. The Morgan fingerprint density at radius 2 is 2.25 bits per heavy atom. The van der Waals surface area contributed by atoms with Gasteiger partial charge in [0, 0.05) is 4.47 Å². The molecule has 0 radical (unpaired) electrons. The minimum Gasteiger partial charge on any atom is -0.388 e. The van der Waals surface area contributed by atoms with Crippen molar-refractivity contribution < 1.29 is 5.11 Å². The predicted octanol–water partition coefficient (Wildman–Crippen LogP) is 3.55. The third-order valence-electron chi connectivity index (χ3n) is 1.72. The summed E-state index contributed by atoms with van der Waals surface area (Å²) in [6, 6.07) is 5.46. The lowest BCUT2D eigenvalue weighted by atomic mass is 10.1. The van der Waals surface area contributed by atoms with Crippen molar-refractivity contribution in [2.75, 3.05) is 0 Å². The van der Waals surface area contributed by atoms with E-state index in [9.17, 15) is 5.11 Å². The van der Waals surface area contributed by atoms with E-state index in [1.54, 1.807) is 6.07 Å². The SMILES string of the molecule is CC[C@H](O)c1ccc(Cl)c(Br)c1. The van der Waals surface area contributed by atoms with E-state index in [-0.39, 0.29) is 0 Å². The molecular weight excluding hydrogens is 239 g/mol. The fourth-order valence-corrected chi connectivity index (χ4v) is 1.47. The number of halogens is 2. The second-order valence-electron chi connectivity index (χ2n) is 2.60. The fourth-order valence-electron chi connectivity index (χ4n) is 0.955. The van der Waals surface area contributed by atoms with Crippen LogP contribution in [0.15, 0.2) is 22.7 Å². The molecule has 0 bridgehead atoms. The summed E-state index contributed by atoms with van der Waals surface area (Å²) < 4.78 is 0.828. The van der Waals surface area contributed by atoms with Gasteiger partial charge in [0.05, 0.1) is 11.1 Å². The van der Waals surface area contributed by atoms with Gasteiger partial charge in [-0.1, -0.05) is 24.6 Å². The topological polar surface area (TPSA) is 20.2 Å². The molecule has 1 aromatic rings. The number of aliphatic hydroxyl groups is 1. The smallest absolute Gasteiger partial charge is 0.0787 e. The fraction of sp³-hybridized carbons (Fsp3) is 0.333. The highest BCUT2D eigenvalue weighted by Gasteiger charge is 2.05. The Kier molecular flexibility index (Phi) is 3.56. The third-order valence-corrected chi connectivity index (χ3v) is 2.93. The molecule has 0 spiro atoms. The van der Waals surface area contributed by atoms with Crippen LogP contribution in [0.25, 0.3) is 0 Å². The van der Waals surface area contributed by atoms with Crippen LogP contribution in [0.5, 0.6) is 0 Å². The molecule has 66 valence electrons. The largest absolute Gasteiger partial charge is 0.388 e. The molecule has 0 amide bonds. The van der Waals surface area contributed by atoms with Gasteiger partial charge in [0.1, 0.15) is 0 Å². The van der Waals surface area contributed by atoms with Crippen LogP contribution in [0.1, 0.15) is 25.0 Å². The zero-order valence-electron chi connectivity index (χ0n) is 6.72. The van der Waals surface area contributed by atoms with Crippen LogP contribution in [-0.4, -0.2) is 5.11 Å². The maximum atomic E-state index is 9.48. The molecule has 1 aromatic carbocycles. The van der Waals surface area contributed by atoms with Crippen LogP contribution in [0.4, 0.5) is 0 Å². The van der Waals surface area contributed by atoms with Gasteiger partial charge in [-0.25, -0.2) is 0 Å². The number of benzene rings is 1. The van der Waals surface area contributed by atoms with E-state index in [1.165, 1.54) is 0 Å². The quantitative estimate of drug-likeness (QED) is 0.850. The van der Waals surface area contributed by atoms with Gasteiger partial charge in [0.25, 0.3) is 0 Å². The van der Waals surface area contributed by atoms with Gasteiger partial charge in [-0.15, -0.1) is 0 Å². The summed E-state index contributed by atoms with van der Waals surface area (Å²) in [6.45, 7) is 1.94. The molecule has 0 saturated heterocycles. The number of aliphatic hydroxyl groups excluding tert-OH is 1. The molecule has 0 aliphatic carbocycles. The highest BCUT2D eigenvalue weighted by molar-refractivity contribution is 9.10. The van der Waals surface area contributed by atoms with Crippen LogP contribution in [0.3, 0.4) is 0 Å². The van der Waals surface area contributed by atoms with Gasteiger partial charge < -0.3 is 5.11 Å². The first-order valence-electron chi connectivity index (χ1n) is 3.78. The molecule has 0 aliphatic heterocycles. The Labute approximate surface area is 85.5 Å². The predicted molar refractivity (Wildman–Crippen MR) is 54.4 cm³/mol. The van der Waals surface area contributed by atoms with E-state index in [4.69, 9.17) is 11.6 Å². The van der Waals surface area contributed by atoms with Gasteiger partial charge in [-0.2, -0.15) is 0 Å². The third kappa shape index (κ3) is 2.22. The summed E-state index contributed by atoms with van der Waals surface area (Å²) in [4.78, 5) is 0. The van der Waals surface area contributed by atoms with Crippen molar-refractivity contribution in [3.05, 3.63) is 33.3 Å². The highest BCUT2D eigenvalue weighted by atomic mass is 79.9. The van der Waals surface area contributed by atoms with Crippen LogP contribution in [0.2, 0.25) is 5.02 Å². The molecule has 0 fully saturated rings. The number of hydrogen-bond donors (Lipinski definition) is 1. The van der Waals surface area contributed by atoms with Gasteiger partial charge in [0.2, 0.25) is 0 Å². The first-order valence-corrected chi connectivity index (χ1v) is 4.95. The Hall–Kier alpha value is -0.0500. The Morgan fingerprint density at radius 3 is 2.75 bits per heavy atom. The van der Waals surface area contributed by atoms with E-state index in [2.05, 4.69) is 15.9 Å². The average Bonchev–Trinajstić information content (AvgIpc) is 2.08. The summed E-state index contributed by atoms with van der Waals surface area (Å²) in [5, 5.41) is 10.1. The van der Waals surface area contributed by atoms with E-state index >= 15 is 0 Å². The van der Waals surface area contributed by atoms with Crippen LogP contribution in [0, 0.1) is 0 Å². The van der Waals surface area contributed by atoms with E-state index in [0.29, 0.717) is 11.4 Å². The van der Waals surface area contributed by atoms with Gasteiger partial charge in [0.15, 0.2) is 0 Å². The minimum atomic E-state index is -0.390. The molecule has 0 heterocycles.